The van der Waals surface area contributed by atoms with E-state index in [0.29, 0.717) is 5.11 Å². The third kappa shape index (κ3) is 4.83. The summed E-state index contributed by atoms with van der Waals surface area (Å²) in [5.74, 6) is -0.260. The number of hydrogen-bond acceptors (Lipinski definition) is 1. The topological polar surface area (TPSA) is 24.1 Å². The number of aryl methyl sites for hydroxylation is 1. The minimum atomic E-state index is -0.260. The van der Waals surface area contributed by atoms with Crippen LogP contribution in [0.25, 0.3) is 0 Å². The molecule has 0 fully saturated rings. The highest BCUT2D eigenvalue weighted by atomic mass is 32.1. The van der Waals surface area contributed by atoms with E-state index in [0.717, 1.165) is 30.6 Å². The predicted molar refractivity (Wildman–Crippen MR) is 91.3 cm³/mol. The molecule has 2 aromatic rings. The van der Waals surface area contributed by atoms with Gasteiger partial charge in [-0.15, -0.1) is 0 Å². The maximum Gasteiger partial charge on any atom is 0.175 e. The number of para-hydroxylation sites is 1. The lowest BCUT2D eigenvalue weighted by molar-refractivity contribution is 0.628. The number of benzene rings is 2. The highest BCUT2D eigenvalue weighted by Gasteiger charge is 2.04. The van der Waals surface area contributed by atoms with Gasteiger partial charge in [-0.25, -0.2) is 4.39 Å². The SMILES string of the molecule is CCCCc1ccccc1NC(=S)Nc1ccc(F)cc1. The molecule has 0 heterocycles. The monoisotopic (exact) mass is 302 g/mol. The Labute approximate surface area is 130 Å². The van der Waals surface area contributed by atoms with E-state index >= 15 is 0 Å². The molecule has 0 aromatic heterocycles. The Morgan fingerprint density at radius 1 is 1.05 bits per heavy atom. The molecule has 0 saturated carbocycles. The Hall–Kier alpha value is -1.94. The number of nitrogens with one attached hydrogen (secondary N) is 2. The number of unbranched alkanes of at least 4 members (excludes halogenated alkanes) is 1. The first-order valence-electron chi connectivity index (χ1n) is 7.10. The van der Waals surface area contributed by atoms with Crippen LogP contribution in [0.4, 0.5) is 15.8 Å². The van der Waals surface area contributed by atoms with Crippen LogP contribution in [0.2, 0.25) is 0 Å². The quantitative estimate of drug-likeness (QED) is 0.762. The molecule has 2 N–H and O–H groups in total. The molecule has 0 radical (unpaired) electrons. The first-order valence-corrected chi connectivity index (χ1v) is 7.51. The van der Waals surface area contributed by atoms with E-state index < -0.39 is 0 Å². The molecule has 0 bridgehead atoms. The molecule has 2 aromatic carbocycles. The normalized spacial score (nSPS) is 10.2. The van der Waals surface area contributed by atoms with Gasteiger partial charge in [0, 0.05) is 11.4 Å². The van der Waals surface area contributed by atoms with Crippen molar-refractivity contribution < 1.29 is 4.39 Å². The molecule has 110 valence electrons. The number of halogens is 1. The van der Waals surface area contributed by atoms with Crippen LogP contribution >= 0.6 is 12.2 Å². The fourth-order valence-corrected chi connectivity index (χ4v) is 2.27. The molecule has 2 nitrogen and oxygen atoms in total. The highest BCUT2D eigenvalue weighted by molar-refractivity contribution is 7.80. The lowest BCUT2D eigenvalue weighted by Crippen LogP contribution is -2.19. The molecule has 21 heavy (non-hydrogen) atoms. The van der Waals surface area contributed by atoms with E-state index in [1.807, 2.05) is 18.2 Å². The van der Waals surface area contributed by atoms with Gasteiger partial charge in [0.2, 0.25) is 0 Å². The maximum absolute atomic E-state index is 12.9. The predicted octanol–water partition coefficient (Wildman–Crippen LogP) is 4.98. The summed E-state index contributed by atoms with van der Waals surface area (Å²) < 4.78 is 12.9. The highest BCUT2D eigenvalue weighted by Crippen LogP contribution is 2.18. The van der Waals surface area contributed by atoms with Crippen LogP contribution in [0.15, 0.2) is 48.5 Å². The molecule has 0 atom stereocenters. The van der Waals surface area contributed by atoms with Gasteiger partial charge in [-0.3, -0.25) is 0 Å². The van der Waals surface area contributed by atoms with Gasteiger partial charge in [0.05, 0.1) is 0 Å². The minimum Gasteiger partial charge on any atom is -0.332 e. The van der Waals surface area contributed by atoms with Crippen molar-refractivity contribution in [3.05, 3.63) is 59.9 Å². The summed E-state index contributed by atoms with van der Waals surface area (Å²) >= 11 is 5.31. The Kier molecular flexibility index (Phi) is 5.69. The van der Waals surface area contributed by atoms with Crippen LogP contribution in [0.5, 0.6) is 0 Å². The lowest BCUT2D eigenvalue weighted by Gasteiger charge is -2.14. The molecule has 2 rings (SSSR count). The Morgan fingerprint density at radius 2 is 1.76 bits per heavy atom. The number of rotatable bonds is 5. The largest absolute Gasteiger partial charge is 0.332 e. The zero-order chi connectivity index (χ0) is 15.1. The molecule has 0 aliphatic rings. The average Bonchev–Trinajstić information content (AvgIpc) is 2.49. The van der Waals surface area contributed by atoms with Crippen molar-refractivity contribution in [2.45, 2.75) is 26.2 Å². The lowest BCUT2D eigenvalue weighted by atomic mass is 10.1. The van der Waals surface area contributed by atoms with Crippen molar-refractivity contribution in [3.8, 4) is 0 Å². The molecule has 0 unspecified atom stereocenters. The summed E-state index contributed by atoms with van der Waals surface area (Å²) in [4.78, 5) is 0. The van der Waals surface area contributed by atoms with E-state index in [1.165, 1.54) is 17.7 Å². The molecule has 0 amide bonds. The molecule has 0 spiro atoms. The zero-order valence-corrected chi connectivity index (χ0v) is 12.8. The summed E-state index contributed by atoms with van der Waals surface area (Å²) in [5, 5.41) is 6.77. The van der Waals surface area contributed by atoms with Gasteiger partial charge >= 0.3 is 0 Å². The van der Waals surface area contributed by atoms with Crippen LogP contribution in [0.1, 0.15) is 25.3 Å². The molecule has 0 aliphatic heterocycles. The zero-order valence-electron chi connectivity index (χ0n) is 12.0. The molecular formula is C17H19FN2S. The van der Waals surface area contributed by atoms with Crippen LogP contribution in [-0.4, -0.2) is 5.11 Å². The minimum absolute atomic E-state index is 0.260. The number of thiocarbonyl (C=S) groups is 1. The van der Waals surface area contributed by atoms with E-state index in [1.54, 1.807) is 12.1 Å². The van der Waals surface area contributed by atoms with E-state index in [4.69, 9.17) is 12.2 Å². The van der Waals surface area contributed by atoms with Gasteiger partial charge in [-0.1, -0.05) is 31.5 Å². The third-order valence-electron chi connectivity index (χ3n) is 3.17. The summed E-state index contributed by atoms with van der Waals surface area (Å²) in [5.41, 5.74) is 3.04. The van der Waals surface area contributed by atoms with Gasteiger partial charge < -0.3 is 10.6 Å². The first kappa shape index (κ1) is 15.4. The third-order valence-corrected chi connectivity index (χ3v) is 3.37. The standard InChI is InChI=1S/C17H19FN2S/c1-2-3-6-13-7-4-5-8-16(13)20-17(21)19-15-11-9-14(18)10-12-15/h4-5,7-12H,2-3,6H2,1H3,(H2,19,20,21). The van der Waals surface area contributed by atoms with Crippen LogP contribution in [0, 0.1) is 5.82 Å². The van der Waals surface area contributed by atoms with Gasteiger partial charge in [0.1, 0.15) is 5.82 Å². The van der Waals surface area contributed by atoms with Crippen LogP contribution in [-0.2, 0) is 6.42 Å². The van der Waals surface area contributed by atoms with Gasteiger partial charge in [-0.2, -0.15) is 0 Å². The molecular weight excluding hydrogens is 283 g/mol. The number of anilines is 2. The summed E-state index contributed by atoms with van der Waals surface area (Å²) in [6.45, 7) is 2.18. The van der Waals surface area contributed by atoms with Crippen LogP contribution < -0.4 is 10.6 Å². The second-order valence-electron chi connectivity index (χ2n) is 4.85. The maximum atomic E-state index is 12.9. The van der Waals surface area contributed by atoms with E-state index in [2.05, 4.69) is 23.6 Å². The summed E-state index contributed by atoms with van der Waals surface area (Å²) in [6.07, 6.45) is 3.34. The van der Waals surface area contributed by atoms with E-state index in [-0.39, 0.29) is 5.82 Å². The number of hydrogen-bond donors (Lipinski definition) is 2. The summed E-state index contributed by atoms with van der Waals surface area (Å²) in [6, 6.07) is 14.3. The second-order valence-corrected chi connectivity index (χ2v) is 5.25. The molecule has 0 aliphatic carbocycles. The Bertz CT molecular complexity index is 596. The van der Waals surface area contributed by atoms with Gasteiger partial charge in [-0.05, 0) is 61.0 Å². The van der Waals surface area contributed by atoms with Crippen molar-refractivity contribution in [1.29, 1.82) is 0 Å². The first-order chi connectivity index (χ1) is 10.2. The van der Waals surface area contributed by atoms with Crippen molar-refractivity contribution in [3.63, 3.8) is 0 Å². The molecule has 0 saturated heterocycles. The molecule has 4 heteroatoms. The van der Waals surface area contributed by atoms with Crippen molar-refractivity contribution in [1.82, 2.24) is 0 Å². The summed E-state index contributed by atoms with van der Waals surface area (Å²) in [7, 11) is 0. The Morgan fingerprint density at radius 3 is 2.48 bits per heavy atom. The second kappa shape index (κ2) is 7.74. The smallest absolute Gasteiger partial charge is 0.175 e. The van der Waals surface area contributed by atoms with Crippen molar-refractivity contribution in [2.75, 3.05) is 10.6 Å². The van der Waals surface area contributed by atoms with Crippen LogP contribution in [0.3, 0.4) is 0 Å². The van der Waals surface area contributed by atoms with Gasteiger partial charge in [0.25, 0.3) is 0 Å². The van der Waals surface area contributed by atoms with Crippen molar-refractivity contribution in [2.24, 2.45) is 0 Å². The van der Waals surface area contributed by atoms with Crippen molar-refractivity contribution >= 4 is 28.7 Å². The fourth-order valence-electron chi connectivity index (χ4n) is 2.05. The van der Waals surface area contributed by atoms with Gasteiger partial charge in [0.15, 0.2) is 5.11 Å². The fraction of sp³-hybridized carbons (Fsp3) is 0.235. The Balaban J connectivity index is 2.00. The van der Waals surface area contributed by atoms with E-state index in [9.17, 15) is 4.39 Å². The average molecular weight is 302 g/mol.